The number of hydrogen-bond donors (Lipinski definition) is 0. The maximum atomic E-state index is 13.1. The van der Waals surface area contributed by atoms with Crippen LogP contribution in [-0.4, -0.2) is 25.5 Å². The third kappa shape index (κ3) is 4.37. The molecule has 1 unspecified atom stereocenters. The number of esters is 1. The zero-order chi connectivity index (χ0) is 23.5. The van der Waals surface area contributed by atoms with Gasteiger partial charge in [0.05, 0.1) is 12.7 Å². The van der Waals surface area contributed by atoms with Crippen molar-refractivity contribution in [1.29, 1.82) is 0 Å². The largest absolute Gasteiger partial charge is 0.496 e. The van der Waals surface area contributed by atoms with Gasteiger partial charge in [0.25, 0.3) is 0 Å². The Morgan fingerprint density at radius 2 is 1.71 bits per heavy atom. The van der Waals surface area contributed by atoms with Gasteiger partial charge in [0.1, 0.15) is 18.1 Å². The Bertz CT molecular complexity index is 1150. The lowest BCUT2D eigenvalue weighted by atomic mass is 9.73. The summed E-state index contributed by atoms with van der Waals surface area (Å²) in [5.41, 5.74) is 5.35. The van der Waals surface area contributed by atoms with E-state index in [1.54, 1.807) is 7.11 Å². The molecule has 4 nitrogen and oxygen atoms in total. The molecule has 1 fully saturated rings. The fraction of sp³-hybridized carbons (Fsp3) is 0.333. The molecule has 3 aromatic rings. The van der Waals surface area contributed by atoms with E-state index in [1.807, 2.05) is 54.6 Å². The fourth-order valence-electron chi connectivity index (χ4n) is 6.00. The summed E-state index contributed by atoms with van der Waals surface area (Å²) in [6.45, 7) is 0. The maximum absolute atomic E-state index is 13.1. The highest BCUT2D eigenvalue weighted by Crippen LogP contribution is 2.49. The first kappa shape index (κ1) is 22.4. The molecule has 0 saturated heterocycles. The van der Waals surface area contributed by atoms with E-state index in [0.29, 0.717) is 23.8 Å². The van der Waals surface area contributed by atoms with Crippen LogP contribution in [0.3, 0.4) is 0 Å². The summed E-state index contributed by atoms with van der Waals surface area (Å²) in [4.78, 5) is 24.3. The van der Waals surface area contributed by atoms with E-state index in [2.05, 4.69) is 18.2 Å². The van der Waals surface area contributed by atoms with Gasteiger partial charge in [-0.15, -0.1) is 0 Å². The van der Waals surface area contributed by atoms with Crippen LogP contribution in [0, 0.1) is 17.8 Å². The molecule has 0 amide bonds. The molecule has 0 aromatic heterocycles. The molecule has 174 valence electrons. The van der Waals surface area contributed by atoms with Crippen LogP contribution in [0.15, 0.2) is 72.8 Å². The number of ether oxygens (including phenoxy) is 2. The van der Waals surface area contributed by atoms with E-state index in [9.17, 15) is 9.59 Å². The monoisotopic (exact) mass is 454 g/mol. The summed E-state index contributed by atoms with van der Waals surface area (Å²) >= 11 is 0. The molecule has 0 bridgehead atoms. The number of methoxy groups -OCH3 is 1. The molecule has 2 aliphatic rings. The average Bonchev–Trinajstić information content (AvgIpc) is 3.21. The summed E-state index contributed by atoms with van der Waals surface area (Å²) in [5.74, 6) is 1.70. The van der Waals surface area contributed by atoms with Crippen LogP contribution in [0.5, 0.6) is 5.75 Å². The third-order valence-electron chi connectivity index (χ3n) is 7.64. The molecular weight excluding hydrogens is 424 g/mol. The van der Waals surface area contributed by atoms with Crippen LogP contribution < -0.4 is 4.74 Å². The lowest BCUT2D eigenvalue weighted by Crippen LogP contribution is -2.29. The Balaban J connectivity index is 1.33. The average molecular weight is 455 g/mol. The second-order valence-electron chi connectivity index (χ2n) is 9.46. The Kier molecular flexibility index (Phi) is 6.48. The molecule has 0 spiro atoms. The molecule has 2 aliphatic carbocycles. The van der Waals surface area contributed by atoms with E-state index in [0.717, 1.165) is 48.8 Å². The number of hydrogen-bond acceptors (Lipinski definition) is 4. The lowest BCUT2D eigenvalue weighted by Gasteiger charge is -2.32. The summed E-state index contributed by atoms with van der Waals surface area (Å²) in [7, 11) is 1.72. The first-order valence-corrected chi connectivity index (χ1v) is 12.1. The molecule has 34 heavy (non-hydrogen) atoms. The minimum Gasteiger partial charge on any atom is -0.496 e. The van der Waals surface area contributed by atoms with Crippen LogP contribution in [0.2, 0.25) is 0 Å². The van der Waals surface area contributed by atoms with Crippen molar-refractivity contribution >= 4 is 12.3 Å². The molecule has 0 radical (unpaired) electrons. The molecule has 5 rings (SSSR count). The van der Waals surface area contributed by atoms with Gasteiger partial charge >= 0.3 is 5.97 Å². The molecule has 0 aliphatic heterocycles. The topological polar surface area (TPSA) is 52.6 Å². The zero-order valence-electron chi connectivity index (χ0n) is 19.5. The number of rotatable bonds is 7. The van der Waals surface area contributed by atoms with E-state index in [1.165, 1.54) is 11.1 Å². The standard InChI is InChI=1S/C30H30O4/c1-33-28-11-5-9-23-17-26-24(18-27(23)28)19-29(25(26)10-6-16-31)34-30(32)22-14-12-21(13-15-22)20-7-3-2-4-8-20/h2-5,7-9,11-16,24-26,29H,6,10,17-19H2,1H3/t24-,25+,26-,29?/m0/s1. The van der Waals surface area contributed by atoms with Gasteiger partial charge < -0.3 is 14.3 Å². The predicted molar refractivity (Wildman–Crippen MR) is 132 cm³/mol. The summed E-state index contributed by atoms with van der Waals surface area (Å²) in [5, 5.41) is 0. The summed E-state index contributed by atoms with van der Waals surface area (Å²) < 4.78 is 11.7. The van der Waals surface area contributed by atoms with Crippen molar-refractivity contribution in [3.63, 3.8) is 0 Å². The van der Waals surface area contributed by atoms with Crippen molar-refractivity contribution in [2.24, 2.45) is 17.8 Å². The maximum Gasteiger partial charge on any atom is 0.338 e. The first-order chi connectivity index (χ1) is 16.7. The van der Waals surface area contributed by atoms with E-state index < -0.39 is 0 Å². The van der Waals surface area contributed by atoms with Crippen molar-refractivity contribution < 1.29 is 19.1 Å². The van der Waals surface area contributed by atoms with Gasteiger partial charge in [-0.25, -0.2) is 4.79 Å². The van der Waals surface area contributed by atoms with Gasteiger partial charge in [-0.05, 0) is 83.9 Å². The Hall–Kier alpha value is -3.40. The quantitative estimate of drug-likeness (QED) is 0.329. The molecule has 1 saturated carbocycles. The third-order valence-corrected chi connectivity index (χ3v) is 7.64. The van der Waals surface area contributed by atoms with Gasteiger partial charge in [-0.3, -0.25) is 0 Å². The van der Waals surface area contributed by atoms with Crippen LogP contribution in [0.1, 0.15) is 40.7 Å². The second-order valence-corrected chi connectivity index (χ2v) is 9.46. The normalized spacial score (nSPS) is 23.0. The van der Waals surface area contributed by atoms with Crippen LogP contribution >= 0.6 is 0 Å². The predicted octanol–water partition coefficient (Wildman–Crippen LogP) is 5.92. The van der Waals surface area contributed by atoms with E-state index in [-0.39, 0.29) is 18.0 Å². The molecule has 3 aromatic carbocycles. The van der Waals surface area contributed by atoms with Gasteiger partial charge in [0.2, 0.25) is 0 Å². The van der Waals surface area contributed by atoms with Crippen molar-refractivity contribution in [3.05, 3.63) is 89.5 Å². The Morgan fingerprint density at radius 1 is 0.941 bits per heavy atom. The van der Waals surface area contributed by atoms with Gasteiger partial charge in [0.15, 0.2) is 0 Å². The lowest BCUT2D eigenvalue weighted by molar-refractivity contribution is -0.108. The molecule has 0 N–H and O–H groups in total. The highest BCUT2D eigenvalue weighted by atomic mass is 16.5. The number of aldehydes is 1. The van der Waals surface area contributed by atoms with E-state index in [4.69, 9.17) is 9.47 Å². The minimum absolute atomic E-state index is 0.170. The van der Waals surface area contributed by atoms with Crippen molar-refractivity contribution in [2.45, 2.75) is 38.2 Å². The SMILES string of the molecule is COc1cccc2c1C[C@H]1CC(OC(=O)c3ccc(-c4ccccc4)cc3)[C@H](CCC=O)[C@H]1C2. The van der Waals surface area contributed by atoms with Crippen LogP contribution in [-0.2, 0) is 22.4 Å². The number of benzene rings is 3. The van der Waals surface area contributed by atoms with Crippen molar-refractivity contribution in [1.82, 2.24) is 0 Å². The Labute approximate surface area is 200 Å². The van der Waals surface area contributed by atoms with Crippen molar-refractivity contribution in [3.8, 4) is 16.9 Å². The number of fused-ring (bicyclic) bond motifs is 2. The number of carbonyl (C=O) groups excluding carboxylic acids is 2. The minimum atomic E-state index is -0.283. The first-order valence-electron chi connectivity index (χ1n) is 12.1. The molecule has 4 heteroatoms. The highest BCUT2D eigenvalue weighted by Gasteiger charge is 2.47. The van der Waals surface area contributed by atoms with Crippen LogP contribution in [0.25, 0.3) is 11.1 Å². The van der Waals surface area contributed by atoms with Crippen molar-refractivity contribution in [2.75, 3.05) is 7.11 Å². The summed E-state index contributed by atoms with van der Waals surface area (Å²) in [6, 6.07) is 24.0. The van der Waals surface area contributed by atoms with Crippen LogP contribution in [0.4, 0.5) is 0 Å². The van der Waals surface area contributed by atoms with Gasteiger partial charge in [0, 0.05) is 6.42 Å². The fourth-order valence-corrected chi connectivity index (χ4v) is 6.00. The molecule has 0 heterocycles. The zero-order valence-corrected chi connectivity index (χ0v) is 19.5. The summed E-state index contributed by atoms with van der Waals surface area (Å²) in [6.07, 6.45) is 4.78. The molecular formula is C30H30O4. The second kappa shape index (κ2) is 9.84. The smallest absolute Gasteiger partial charge is 0.338 e. The molecule has 4 atom stereocenters. The Morgan fingerprint density at radius 3 is 2.44 bits per heavy atom. The number of carbonyl (C=O) groups is 2. The van der Waals surface area contributed by atoms with Gasteiger partial charge in [-0.1, -0.05) is 54.6 Å². The highest BCUT2D eigenvalue weighted by molar-refractivity contribution is 5.90. The van der Waals surface area contributed by atoms with Gasteiger partial charge in [-0.2, -0.15) is 0 Å². The van der Waals surface area contributed by atoms with E-state index >= 15 is 0 Å².